The van der Waals surface area contributed by atoms with Crippen molar-refractivity contribution in [3.05, 3.63) is 18.2 Å². The molecule has 1 fully saturated rings. The number of anilines is 1. The van der Waals surface area contributed by atoms with Crippen molar-refractivity contribution in [2.24, 2.45) is 0 Å². The Hall–Kier alpha value is -1.05. The standard InChI is InChI=1S/C19H28N2O3S2/c1-14-13-21(15(2)22)18-12-17(10-11-19(18)25-14)26(23,24)20-16-8-6-4-3-5-7-9-16/h10-12,14,16,20H,3-9,13H2,1-2H3/t14-/m1/s1. The van der Waals surface area contributed by atoms with Crippen molar-refractivity contribution < 1.29 is 13.2 Å². The number of hydrogen-bond donors (Lipinski definition) is 1. The van der Waals surface area contributed by atoms with Crippen LogP contribution in [0.15, 0.2) is 28.0 Å². The first-order valence-corrected chi connectivity index (χ1v) is 11.8. The summed E-state index contributed by atoms with van der Waals surface area (Å²) in [5.41, 5.74) is 0.709. The normalized spacial score (nSPS) is 22.4. The van der Waals surface area contributed by atoms with E-state index in [1.807, 2.05) is 6.07 Å². The van der Waals surface area contributed by atoms with Crippen LogP contribution in [0.4, 0.5) is 5.69 Å². The Morgan fingerprint density at radius 3 is 2.46 bits per heavy atom. The average molecular weight is 397 g/mol. The van der Waals surface area contributed by atoms with Crippen molar-refractivity contribution in [1.29, 1.82) is 0 Å². The van der Waals surface area contributed by atoms with Gasteiger partial charge >= 0.3 is 0 Å². The minimum Gasteiger partial charge on any atom is -0.310 e. The molecule has 1 saturated carbocycles. The predicted molar refractivity (Wildman–Crippen MR) is 106 cm³/mol. The number of rotatable bonds is 3. The summed E-state index contributed by atoms with van der Waals surface area (Å²) in [7, 11) is -3.58. The zero-order valence-electron chi connectivity index (χ0n) is 15.5. The Kier molecular flexibility index (Phi) is 6.30. The zero-order valence-corrected chi connectivity index (χ0v) is 17.2. The van der Waals surface area contributed by atoms with E-state index in [2.05, 4.69) is 11.6 Å². The van der Waals surface area contributed by atoms with Crippen LogP contribution in [0.3, 0.4) is 0 Å². The van der Waals surface area contributed by atoms with Crippen LogP contribution in [0.25, 0.3) is 0 Å². The Bertz CT molecular complexity index is 756. The van der Waals surface area contributed by atoms with Crippen LogP contribution in [0.1, 0.15) is 58.8 Å². The van der Waals surface area contributed by atoms with Gasteiger partial charge in [-0.3, -0.25) is 4.79 Å². The monoisotopic (exact) mass is 396 g/mol. The van der Waals surface area contributed by atoms with E-state index < -0.39 is 10.0 Å². The first-order valence-electron chi connectivity index (χ1n) is 9.48. The zero-order chi connectivity index (χ0) is 18.7. The molecule has 1 aromatic carbocycles. The third kappa shape index (κ3) is 4.61. The summed E-state index contributed by atoms with van der Waals surface area (Å²) in [5, 5.41) is 0.293. The third-order valence-electron chi connectivity index (χ3n) is 5.11. The lowest BCUT2D eigenvalue weighted by Gasteiger charge is -2.32. The second-order valence-corrected chi connectivity index (χ2v) is 10.5. The first kappa shape index (κ1) is 19.7. The highest BCUT2D eigenvalue weighted by Crippen LogP contribution is 2.39. The van der Waals surface area contributed by atoms with Gasteiger partial charge in [0.05, 0.1) is 10.6 Å². The largest absolute Gasteiger partial charge is 0.310 e. The predicted octanol–water partition coefficient (Wildman–Crippen LogP) is 3.92. The van der Waals surface area contributed by atoms with Gasteiger partial charge in [-0.1, -0.05) is 39.0 Å². The number of nitrogens with one attached hydrogen (secondary N) is 1. The Balaban J connectivity index is 1.84. The molecule has 1 aliphatic heterocycles. The van der Waals surface area contributed by atoms with Gasteiger partial charge in [0.2, 0.25) is 15.9 Å². The Labute approximate surface area is 161 Å². The number of hydrogen-bond acceptors (Lipinski definition) is 4. The quantitative estimate of drug-likeness (QED) is 0.841. The number of carbonyl (C=O) groups excluding carboxylic acids is 1. The molecule has 26 heavy (non-hydrogen) atoms. The molecule has 1 N–H and O–H groups in total. The van der Waals surface area contributed by atoms with Crippen LogP contribution in [-0.4, -0.2) is 32.2 Å². The molecule has 0 saturated heterocycles. The van der Waals surface area contributed by atoms with E-state index in [0.29, 0.717) is 17.5 Å². The molecule has 7 heteroatoms. The highest BCUT2D eigenvalue weighted by atomic mass is 32.2. The van der Waals surface area contributed by atoms with Crippen LogP contribution in [-0.2, 0) is 14.8 Å². The summed E-state index contributed by atoms with van der Waals surface area (Å²) in [5.74, 6) is -0.0547. The van der Waals surface area contributed by atoms with Crippen LogP contribution in [0.5, 0.6) is 0 Å². The molecule has 2 aliphatic rings. The van der Waals surface area contributed by atoms with Crippen molar-refractivity contribution in [2.75, 3.05) is 11.4 Å². The molecule has 0 aromatic heterocycles. The summed E-state index contributed by atoms with van der Waals surface area (Å²) in [6, 6.07) is 5.15. The summed E-state index contributed by atoms with van der Waals surface area (Å²) < 4.78 is 28.7. The number of thioether (sulfide) groups is 1. The lowest BCUT2D eigenvalue weighted by Crippen LogP contribution is -2.38. The second-order valence-electron chi connectivity index (χ2n) is 7.35. The minimum atomic E-state index is -3.58. The fourth-order valence-corrected chi connectivity index (χ4v) is 6.16. The topological polar surface area (TPSA) is 66.5 Å². The number of amides is 1. The minimum absolute atomic E-state index is 0.00893. The van der Waals surface area contributed by atoms with Crippen molar-refractivity contribution in [3.63, 3.8) is 0 Å². The molecule has 0 bridgehead atoms. The molecule has 144 valence electrons. The Morgan fingerprint density at radius 1 is 1.15 bits per heavy atom. The smallest absolute Gasteiger partial charge is 0.240 e. The molecular formula is C19H28N2O3S2. The summed E-state index contributed by atoms with van der Waals surface area (Å²) >= 11 is 1.68. The lowest BCUT2D eigenvalue weighted by atomic mass is 9.97. The number of fused-ring (bicyclic) bond motifs is 1. The van der Waals surface area contributed by atoms with Crippen molar-refractivity contribution in [2.45, 2.75) is 79.9 Å². The number of nitrogens with zero attached hydrogens (tertiary/aromatic N) is 1. The number of carbonyl (C=O) groups is 1. The molecule has 1 aliphatic carbocycles. The highest BCUT2D eigenvalue weighted by molar-refractivity contribution is 8.00. The van der Waals surface area contributed by atoms with E-state index in [1.54, 1.807) is 28.8 Å². The number of benzene rings is 1. The SMILES string of the molecule is CC(=O)N1C[C@@H](C)Sc2ccc(S(=O)(=O)NC3CCCCCCC3)cc21. The van der Waals surface area contributed by atoms with Gasteiger partial charge in [-0.2, -0.15) is 0 Å². The third-order valence-corrected chi connectivity index (χ3v) is 7.78. The van der Waals surface area contributed by atoms with E-state index in [-0.39, 0.29) is 16.8 Å². The first-order chi connectivity index (χ1) is 12.4. The fraction of sp³-hybridized carbons (Fsp3) is 0.632. The summed E-state index contributed by atoms with van der Waals surface area (Å²) in [6.07, 6.45) is 7.56. The van der Waals surface area contributed by atoms with Gasteiger partial charge in [0.1, 0.15) is 0 Å². The van der Waals surface area contributed by atoms with Crippen molar-refractivity contribution in [1.82, 2.24) is 4.72 Å². The second kappa shape index (κ2) is 8.31. The molecule has 5 nitrogen and oxygen atoms in total. The molecule has 0 radical (unpaired) electrons. The molecule has 3 rings (SSSR count). The number of sulfonamides is 1. The molecule has 0 unspecified atom stereocenters. The maximum atomic E-state index is 12.9. The van der Waals surface area contributed by atoms with Crippen LogP contribution in [0, 0.1) is 0 Å². The maximum absolute atomic E-state index is 12.9. The van der Waals surface area contributed by atoms with Gasteiger partial charge < -0.3 is 4.90 Å². The fourth-order valence-electron chi connectivity index (χ4n) is 3.74. The maximum Gasteiger partial charge on any atom is 0.240 e. The van der Waals surface area contributed by atoms with Crippen LogP contribution >= 0.6 is 11.8 Å². The molecule has 1 atom stereocenters. The van der Waals surface area contributed by atoms with Gasteiger partial charge in [-0.25, -0.2) is 13.1 Å². The van der Waals surface area contributed by atoms with E-state index in [1.165, 1.54) is 26.2 Å². The molecule has 0 spiro atoms. The van der Waals surface area contributed by atoms with E-state index in [0.717, 1.165) is 30.6 Å². The molecule has 1 amide bonds. The van der Waals surface area contributed by atoms with Gasteiger partial charge in [0.15, 0.2) is 0 Å². The molecule has 1 aromatic rings. The van der Waals surface area contributed by atoms with E-state index in [4.69, 9.17) is 0 Å². The van der Waals surface area contributed by atoms with Gasteiger partial charge in [0.25, 0.3) is 0 Å². The van der Waals surface area contributed by atoms with Gasteiger partial charge in [0, 0.05) is 29.7 Å². The van der Waals surface area contributed by atoms with E-state index in [9.17, 15) is 13.2 Å². The van der Waals surface area contributed by atoms with Crippen LogP contribution in [0.2, 0.25) is 0 Å². The van der Waals surface area contributed by atoms with Crippen molar-refractivity contribution >= 4 is 33.4 Å². The average Bonchev–Trinajstić information content (AvgIpc) is 2.55. The van der Waals surface area contributed by atoms with E-state index >= 15 is 0 Å². The van der Waals surface area contributed by atoms with Gasteiger partial charge in [-0.15, -0.1) is 11.8 Å². The van der Waals surface area contributed by atoms with Gasteiger partial charge in [-0.05, 0) is 31.0 Å². The summed E-state index contributed by atoms with van der Waals surface area (Å²) in [6.45, 7) is 4.21. The molecular weight excluding hydrogens is 368 g/mol. The summed E-state index contributed by atoms with van der Waals surface area (Å²) in [4.78, 5) is 14.9. The lowest BCUT2D eigenvalue weighted by molar-refractivity contribution is -0.116. The highest BCUT2D eigenvalue weighted by Gasteiger charge is 2.28. The van der Waals surface area contributed by atoms with Crippen LogP contribution < -0.4 is 9.62 Å². The Morgan fingerprint density at radius 2 is 1.81 bits per heavy atom. The molecule has 1 heterocycles. The van der Waals surface area contributed by atoms with Crippen molar-refractivity contribution in [3.8, 4) is 0 Å².